The highest BCUT2D eigenvalue weighted by Crippen LogP contribution is 2.53. The van der Waals surface area contributed by atoms with E-state index < -0.39 is 22.9 Å². The normalized spacial score (nSPS) is 30.5. The number of aromatic nitrogens is 3. The molecule has 2 aromatic rings. The van der Waals surface area contributed by atoms with E-state index in [2.05, 4.69) is 0 Å². The molecule has 4 atom stereocenters. The number of methoxy groups -OCH3 is 1. The summed E-state index contributed by atoms with van der Waals surface area (Å²) < 4.78 is 8.81. The van der Waals surface area contributed by atoms with E-state index in [1.165, 1.54) is 16.5 Å². The zero-order valence-corrected chi connectivity index (χ0v) is 13.4. The van der Waals surface area contributed by atoms with Gasteiger partial charge in [0, 0.05) is 11.8 Å². The van der Waals surface area contributed by atoms with E-state index in [-0.39, 0.29) is 17.9 Å². The third kappa shape index (κ3) is 1.45. The first-order valence-electron chi connectivity index (χ1n) is 8.10. The van der Waals surface area contributed by atoms with Crippen LogP contribution >= 0.6 is 0 Å². The molecule has 2 aliphatic heterocycles. The summed E-state index contributed by atoms with van der Waals surface area (Å²) >= 11 is 0. The summed E-state index contributed by atoms with van der Waals surface area (Å²) in [5.41, 5.74) is -1.81. The molecule has 0 spiro atoms. The zero-order valence-electron chi connectivity index (χ0n) is 13.4. The lowest BCUT2D eigenvalue weighted by atomic mass is 9.61. The van der Waals surface area contributed by atoms with E-state index in [0.29, 0.717) is 5.69 Å². The first kappa shape index (κ1) is 14.3. The molecule has 6 rings (SSSR count). The predicted octanol–water partition coefficient (Wildman–Crippen LogP) is 0.596. The summed E-state index contributed by atoms with van der Waals surface area (Å²) in [4.78, 5) is 38.9. The van der Waals surface area contributed by atoms with Crippen molar-refractivity contribution in [1.82, 2.24) is 13.9 Å². The smallest absolute Gasteiger partial charge is 0.353 e. The van der Waals surface area contributed by atoms with Gasteiger partial charge in [0.2, 0.25) is 0 Å². The summed E-state index contributed by atoms with van der Waals surface area (Å²) in [6.45, 7) is 0. The van der Waals surface area contributed by atoms with Gasteiger partial charge in [-0.25, -0.2) is 28.3 Å². The van der Waals surface area contributed by atoms with Gasteiger partial charge >= 0.3 is 17.3 Å². The number of para-hydroxylation sites is 1. The molecule has 0 saturated heterocycles. The first-order chi connectivity index (χ1) is 12.1. The number of carbonyl (C=O) groups excluding carboxylic acids is 1. The number of benzene rings is 1. The van der Waals surface area contributed by atoms with Gasteiger partial charge in [0.25, 0.3) is 0 Å². The Balaban J connectivity index is 1.88. The monoisotopic (exact) mass is 337 g/mol. The molecule has 0 saturated carbocycles. The topological polar surface area (TPSA) is 75.2 Å². The van der Waals surface area contributed by atoms with Crippen molar-refractivity contribution in [3.63, 3.8) is 0 Å². The summed E-state index contributed by atoms with van der Waals surface area (Å²) in [5, 5.41) is 0. The van der Waals surface area contributed by atoms with Crippen molar-refractivity contribution in [2.45, 2.75) is 11.6 Å². The second-order valence-corrected chi connectivity index (χ2v) is 6.55. The van der Waals surface area contributed by atoms with Crippen LogP contribution in [0.15, 0.2) is 64.2 Å². The number of hydrogen-bond donors (Lipinski definition) is 0. The molecular weight excluding hydrogens is 322 g/mol. The molecule has 0 fully saturated rings. The molecular formula is C18H15N3O4. The fourth-order valence-corrected chi connectivity index (χ4v) is 4.36. The Morgan fingerprint density at radius 3 is 2.48 bits per heavy atom. The standard InChI is InChI=1S/C18H15N3O4/c1-25-15(22)18-10-9-14(12-7-8-13(12)18)20-16(23)19(17(24)21(18)20)11-5-3-2-4-6-11/h2-10,12-14H,1H3. The molecule has 0 radical (unpaired) electrons. The molecule has 7 nitrogen and oxygen atoms in total. The van der Waals surface area contributed by atoms with Crippen LogP contribution in [0.3, 0.4) is 0 Å². The molecule has 1 aromatic carbocycles. The van der Waals surface area contributed by atoms with Crippen molar-refractivity contribution in [2.75, 3.05) is 7.11 Å². The fourth-order valence-electron chi connectivity index (χ4n) is 4.36. The maximum absolute atomic E-state index is 13.2. The molecule has 126 valence electrons. The Morgan fingerprint density at radius 1 is 1.08 bits per heavy atom. The summed E-state index contributed by atoms with van der Waals surface area (Å²) in [5.74, 6) is -0.714. The second kappa shape index (κ2) is 4.50. The SMILES string of the molecule is COC(=O)C12C=CC(C3C=CC31)n1c(=O)n(-c3ccccc3)c(=O)n12. The average Bonchev–Trinajstić information content (AvgIpc) is 2.87. The number of allylic oxidation sites excluding steroid dienone is 3. The van der Waals surface area contributed by atoms with Gasteiger partial charge in [-0.15, -0.1) is 0 Å². The van der Waals surface area contributed by atoms with Crippen LogP contribution in [-0.2, 0) is 15.1 Å². The molecule has 7 heteroatoms. The van der Waals surface area contributed by atoms with E-state index >= 15 is 0 Å². The maximum Gasteiger partial charge on any atom is 0.353 e. The van der Waals surface area contributed by atoms with E-state index in [1.54, 1.807) is 30.3 Å². The number of hydrogen-bond acceptors (Lipinski definition) is 4. The quantitative estimate of drug-likeness (QED) is 0.594. The van der Waals surface area contributed by atoms with Gasteiger partial charge in [-0.05, 0) is 18.2 Å². The lowest BCUT2D eigenvalue weighted by Crippen LogP contribution is -2.64. The van der Waals surface area contributed by atoms with Gasteiger partial charge in [0.1, 0.15) is 0 Å². The predicted molar refractivity (Wildman–Crippen MR) is 88.6 cm³/mol. The van der Waals surface area contributed by atoms with Gasteiger partial charge < -0.3 is 4.74 Å². The third-order valence-electron chi connectivity index (χ3n) is 5.54. The molecule has 3 heterocycles. The van der Waals surface area contributed by atoms with Crippen LogP contribution in [0.25, 0.3) is 5.69 Å². The third-order valence-corrected chi connectivity index (χ3v) is 5.54. The Morgan fingerprint density at radius 2 is 1.84 bits per heavy atom. The molecule has 25 heavy (non-hydrogen) atoms. The van der Waals surface area contributed by atoms with Crippen LogP contribution in [0.2, 0.25) is 0 Å². The van der Waals surface area contributed by atoms with Crippen LogP contribution in [0.4, 0.5) is 0 Å². The van der Waals surface area contributed by atoms with E-state index in [0.717, 1.165) is 4.57 Å². The van der Waals surface area contributed by atoms with Crippen molar-refractivity contribution >= 4 is 5.97 Å². The minimum absolute atomic E-state index is 0.00724. The summed E-state index contributed by atoms with van der Waals surface area (Å²) in [6.07, 6.45) is 7.44. The van der Waals surface area contributed by atoms with Crippen molar-refractivity contribution < 1.29 is 9.53 Å². The van der Waals surface area contributed by atoms with Gasteiger partial charge in [0.15, 0.2) is 5.54 Å². The van der Waals surface area contributed by atoms with Crippen LogP contribution in [0, 0.1) is 11.8 Å². The van der Waals surface area contributed by atoms with Crippen molar-refractivity contribution in [3.05, 3.63) is 75.6 Å². The summed E-state index contributed by atoms with van der Waals surface area (Å²) in [7, 11) is 1.30. The van der Waals surface area contributed by atoms with Crippen LogP contribution in [0.1, 0.15) is 6.04 Å². The van der Waals surface area contributed by atoms with Crippen LogP contribution in [0.5, 0.6) is 0 Å². The Labute approximate surface area is 142 Å². The fraction of sp³-hybridized carbons (Fsp3) is 0.278. The molecule has 2 aliphatic carbocycles. The number of rotatable bonds is 2. The highest BCUT2D eigenvalue weighted by Gasteiger charge is 2.61. The lowest BCUT2D eigenvalue weighted by molar-refractivity contribution is -0.156. The van der Waals surface area contributed by atoms with Crippen LogP contribution in [-0.4, -0.2) is 27.0 Å². The first-order valence-corrected chi connectivity index (χ1v) is 8.10. The minimum Gasteiger partial charge on any atom is -0.467 e. The number of nitrogens with zero attached hydrogens (tertiary/aromatic N) is 3. The zero-order chi connectivity index (χ0) is 17.3. The Kier molecular flexibility index (Phi) is 2.57. The molecule has 2 bridgehead atoms. The Bertz CT molecular complexity index is 1070. The van der Waals surface area contributed by atoms with Crippen molar-refractivity contribution in [2.24, 2.45) is 11.8 Å². The summed E-state index contributed by atoms with van der Waals surface area (Å²) in [6, 6.07) is 8.46. The van der Waals surface area contributed by atoms with Crippen LogP contribution < -0.4 is 11.4 Å². The van der Waals surface area contributed by atoms with Gasteiger partial charge in [-0.2, -0.15) is 0 Å². The van der Waals surface area contributed by atoms with Crippen molar-refractivity contribution in [1.29, 1.82) is 0 Å². The van der Waals surface area contributed by atoms with E-state index in [4.69, 9.17) is 4.74 Å². The number of ether oxygens (including phenoxy) is 1. The lowest BCUT2D eigenvalue weighted by Gasteiger charge is -2.53. The van der Waals surface area contributed by atoms with Crippen molar-refractivity contribution in [3.8, 4) is 5.69 Å². The van der Waals surface area contributed by atoms with E-state index in [1.807, 2.05) is 24.3 Å². The largest absolute Gasteiger partial charge is 0.467 e. The highest BCUT2D eigenvalue weighted by atomic mass is 16.5. The second-order valence-electron chi connectivity index (χ2n) is 6.55. The Hall–Kier alpha value is -3.09. The van der Waals surface area contributed by atoms with Gasteiger partial charge in [-0.1, -0.05) is 36.4 Å². The van der Waals surface area contributed by atoms with E-state index in [9.17, 15) is 14.4 Å². The molecule has 0 amide bonds. The molecule has 0 N–H and O–H groups in total. The number of esters is 1. The molecule has 4 aliphatic rings. The molecule has 4 unspecified atom stereocenters. The number of carbonyl (C=O) groups is 1. The average molecular weight is 337 g/mol. The highest BCUT2D eigenvalue weighted by molar-refractivity contribution is 5.83. The minimum atomic E-state index is -1.31. The van der Waals surface area contributed by atoms with Gasteiger partial charge in [0.05, 0.1) is 18.8 Å². The van der Waals surface area contributed by atoms with Gasteiger partial charge in [-0.3, -0.25) is 0 Å². The molecule has 1 aromatic heterocycles. The maximum atomic E-state index is 13.2.